The molecule has 6 heteroatoms. The van der Waals surface area contributed by atoms with Crippen LogP contribution in [0, 0.1) is 0 Å². The third kappa shape index (κ3) is 5.42. The zero-order valence-electron chi connectivity index (χ0n) is 14.7. The van der Waals surface area contributed by atoms with Crippen LogP contribution >= 0.6 is 0 Å². The van der Waals surface area contributed by atoms with Crippen LogP contribution in [0.25, 0.3) is 0 Å². The number of benzene rings is 1. The van der Waals surface area contributed by atoms with E-state index in [0.717, 1.165) is 25.3 Å². The molecule has 0 bridgehead atoms. The van der Waals surface area contributed by atoms with Crippen LogP contribution in [0.1, 0.15) is 19.3 Å². The zero-order valence-corrected chi connectivity index (χ0v) is 14.7. The van der Waals surface area contributed by atoms with Gasteiger partial charge in [0.15, 0.2) is 0 Å². The Kier molecular flexibility index (Phi) is 6.29. The summed E-state index contributed by atoms with van der Waals surface area (Å²) in [4.78, 5) is 16.6. The number of nitrogens with zero attached hydrogens (tertiary/aromatic N) is 2. The molecule has 1 aromatic carbocycles. The van der Waals surface area contributed by atoms with Gasteiger partial charge in [0, 0.05) is 26.2 Å². The van der Waals surface area contributed by atoms with Crippen molar-refractivity contribution < 1.29 is 19.4 Å². The third-order valence-electron chi connectivity index (χ3n) is 4.98. The van der Waals surface area contributed by atoms with E-state index in [2.05, 4.69) is 4.90 Å². The molecule has 1 amide bonds. The Bertz CT molecular complexity index is 548. The molecule has 0 radical (unpaired) electrons. The van der Waals surface area contributed by atoms with E-state index < -0.39 is 5.60 Å². The van der Waals surface area contributed by atoms with Gasteiger partial charge in [0.1, 0.15) is 18.0 Å². The molecule has 2 heterocycles. The number of rotatable bonds is 5. The van der Waals surface area contributed by atoms with E-state index in [4.69, 9.17) is 9.47 Å². The second-order valence-corrected chi connectivity index (χ2v) is 6.95. The Hall–Kier alpha value is -1.63. The van der Waals surface area contributed by atoms with Gasteiger partial charge in [-0.1, -0.05) is 18.2 Å². The second kappa shape index (κ2) is 8.65. The molecule has 1 atom stereocenters. The summed E-state index contributed by atoms with van der Waals surface area (Å²) in [5, 5.41) is 10.8. The van der Waals surface area contributed by atoms with Gasteiger partial charge in [-0.05, 0) is 31.4 Å². The third-order valence-corrected chi connectivity index (χ3v) is 4.98. The van der Waals surface area contributed by atoms with Crippen LogP contribution in [0.3, 0.4) is 0 Å². The van der Waals surface area contributed by atoms with E-state index in [1.54, 1.807) is 0 Å². The number of carbonyl (C=O) groups is 1. The smallest absolute Gasteiger partial charge is 0.236 e. The number of para-hydroxylation sites is 1. The number of ether oxygens (including phenoxy) is 2. The van der Waals surface area contributed by atoms with Crippen LogP contribution in [0.15, 0.2) is 30.3 Å². The van der Waals surface area contributed by atoms with Crippen LogP contribution in [0.2, 0.25) is 0 Å². The summed E-state index contributed by atoms with van der Waals surface area (Å²) in [6, 6.07) is 9.54. The number of amides is 1. The van der Waals surface area contributed by atoms with Gasteiger partial charge in [-0.2, -0.15) is 0 Å². The number of carbonyl (C=O) groups excluding carboxylic acids is 1. The minimum atomic E-state index is -0.871. The minimum absolute atomic E-state index is 0.148. The first-order valence-corrected chi connectivity index (χ1v) is 9.13. The number of likely N-dealkylation sites (tertiary alicyclic amines) is 1. The molecule has 0 aliphatic carbocycles. The van der Waals surface area contributed by atoms with Gasteiger partial charge < -0.3 is 19.5 Å². The normalized spacial score (nSPS) is 25.4. The average molecular weight is 348 g/mol. The van der Waals surface area contributed by atoms with Crippen molar-refractivity contribution in [2.24, 2.45) is 0 Å². The van der Waals surface area contributed by atoms with Crippen molar-refractivity contribution in [2.75, 3.05) is 52.5 Å². The maximum absolute atomic E-state index is 12.5. The summed E-state index contributed by atoms with van der Waals surface area (Å²) in [6.07, 6.45) is 2.00. The van der Waals surface area contributed by atoms with Crippen LogP contribution in [-0.2, 0) is 9.53 Å². The van der Waals surface area contributed by atoms with E-state index >= 15 is 0 Å². The molecule has 25 heavy (non-hydrogen) atoms. The molecule has 138 valence electrons. The minimum Gasteiger partial charge on any atom is -0.491 e. The van der Waals surface area contributed by atoms with Crippen molar-refractivity contribution in [3.63, 3.8) is 0 Å². The van der Waals surface area contributed by atoms with Gasteiger partial charge in [0.2, 0.25) is 5.91 Å². The fourth-order valence-corrected chi connectivity index (χ4v) is 3.36. The predicted molar refractivity (Wildman–Crippen MR) is 94.6 cm³/mol. The van der Waals surface area contributed by atoms with Gasteiger partial charge in [-0.15, -0.1) is 0 Å². The quantitative estimate of drug-likeness (QED) is 0.865. The van der Waals surface area contributed by atoms with Gasteiger partial charge in [-0.25, -0.2) is 0 Å². The lowest BCUT2D eigenvalue weighted by atomic mass is 9.96. The van der Waals surface area contributed by atoms with Crippen molar-refractivity contribution in [1.29, 1.82) is 0 Å². The molecule has 2 aliphatic heterocycles. The van der Waals surface area contributed by atoms with Crippen LogP contribution in [0.4, 0.5) is 0 Å². The highest BCUT2D eigenvalue weighted by Gasteiger charge is 2.32. The molecule has 3 rings (SSSR count). The van der Waals surface area contributed by atoms with E-state index in [0.29, 0.717) is 45.7 Å². The molecule has 0 saturated carbocycles. The lowest BCUT2D eigenvalue weighted by Crippen LogP contribution is -2.45. The van der Waals surface area contributed by atoms with E-state index in [9.17, 15) is 9.90 Å². The molecule has 6 nitrogen and oxygen atoms in total. The molecule has 1 N–H and O–H groups in total. The molecule has 0 spiro atoms. The molecular weight excluding hydrogens is 320 g/mol. The lowest BCUT2D eigenvalue weighted by molar-refractivity contribution is -0.133. The second-order valence-electron chi connectivity index (χ2n) is 6.95. The maximum Gasteiger partial charge on any atom is 0.236 e. The highest BCUT2D eigenvalue weighted by atomic mass is 16.5. The molecule has 1 aromatic rings. The summed E-state index contributed by atoms with van der Waals surface area (Å²) >= 11 is 0. The van der Waals surface area contributed by atoms with Crippen molar-refractivity contribution in [3.8, 4) is 5.75 Å². The number of morpholine rings is 1. The Morgan fingerprint density at radius 3 is 2.64 bits per heavy atom. The monoisotopic (exact) mass is 348 g/mol. The fourth-order valence-electron chi connectivity index (χ4n) is 3.36. The predicted octanol–water partition coefficient (Wildman–Crippen LogP) is 1.14. The van der Waals surface area contributed by atoms with E-state index in [-0.39, 0.29) is 12.5 Å². The summed E-state index contributed by atoms with van der Waals surface area (Å²) in [5.41, 5.74) is -0.871. The molecule has 0 aromatic heterocycles. The van der Waals surface area contributed by atoms with Crippen LogP contribution in [0.5, 0.6) is 5.75 Å². The topological polar surface area (TPSA) is 62.2 Å². The first kappa shape index (κ1) is 18.2. The number of hydrogen-bond acceptors (Lipinski definition) is 5. The summed E-state index contributed by atoms with van der Waals surface area (Å²) in [7, 11) is 0. The Morgan fingerprint density at radius 1 is 1.12 bits per heavy atom. The Labute approximate surface area is 149 Å². The van der Waals surface area contributed by atoms with Gasteiger partial charge >= 0.3 is 0 Å². The molecule has 1 unspecified atom stereocenters. The average Bonchev–Trinajstić information content (AvgIpc) is 2.84. The molecule has 2 fully saturated rings. The standard InChI is InChI=1S/C19H28N2O4/c22-18(15-20-11-13-24-14-12-20)21-9-4-7-19(23,8-10-21)16-25-17-5-2-1-3-6-17/h1-3,5-6,23H,4,7-16H2. The molecular formula is C19H28N2O4. The van der Waals surface area contributed by atoms with Crippen molar-refractivity contribution >= 4 is 5.91 Å². The van der Waals surface area contributed by atoms with Crippen molar-refractivity contribution in [1.82, 2.24) is 9.80 Å². The van der Waals surface area contributed by atoms with Gasteiger partial charge in [0.25, 0.3) is 0 Å². The van der Waals surface area contributed by atoms with Gasteiger partial charge in [0.05, 0.1) is 19.8 Å². The summed E-state index contributed by atoms with van der Waals surface area (Å²) < 4.78 is 11.1. The van der Waals surface area contributed by atoms with Gasteiger partial charge in [-0.3, -0.25) is 9.69 Å². The number of hydrogen-bond donors (Lipinski definition) is 1. The summed E-state index contributed by atoms with van der Waals surface area (Å²) in [6.45, 7) is 5.02. The van der Waals surface area contributed by atoms with Crippen molar-refractivity contribution in [2.45, 2.75) is 24.9 Å². The number of aliphatic hydroxyl groups is 1. The Morgan fingerprint density at radius 2 is 1.88 bits per heavy atom. The van der Waals surface area contributed by atoms with Crippen LogP contribution in [-0.4, -0.2) is 79.0 Å². The fraction of sp³-hybridized carbons (Fsp3) is 0.632. The van der Waals surface area contributed by atoms with E-state index in [1.165, 1.54) is 0 Å². The SMILES string of the molecule is O=C(CN1CCOCC1)N1CCCC(O)(COc2ccccc2)CC1. The summed E-state index contributed by atoms with van der Waals surface area (Å²) in [5.74, 6) is 0.913. The highest BCUT2D eigenvalue weighted by Crippen LogP contribution is 2.24. The first-order chi connectivity index (χ1) is 12.1. The van der Waals surface area contributed by atoms with Crippen LogP contribution < -0.4 is 4.74 Å². The molecule has 2 aliphatic rings. The zero-order chi connectivity index (χ0) is 17.5. The molecule has 2 saturated heterocycles. The largest absolute Gasteiger partial charge is 0.491 e. The Balaban J connectivity index is 1.48. The van der Waals surface area contributed by atoms with Crippen molar-refractivity contribution in [3.05, 3.63) is 30.3 Å². The van der Waals surface area contributed by atoms with E-state index in [1.807, 2.05) is 35.2 Å². The maximum atomic E-state index is 12.5. The lowest BCUT2D eigenvalue weighted by Gasteiger charge is -2.29. The first-order valence-electron chi connectivity index (χ1n) is 9.13. The highest BCUT2D eigenvalue weighted by molar-refractivity contribution is 5.78.